The van der Waals surface area contributed by atoms with Crippen LogP contribution in [0.3, 0.4) is 0 Å². The monoisotopic (exact) mass is 410 g/mol. The van der Waals surface area contributed by atoms with Crippen LogP contribution in [0.1, 0.15) is 21.1 Å². The van der Waals surface area contributed by atoms with Crippen molar-refractivity contribution in [3.8, 4) is 21.1 Å². The van der Waals surface area contributed by atoms with Gasteiger partial charge in [0.25, 0.3) is 5.91 Å². The maximum atomic E-state index is 13.1. The second-order valence-electron chi connectivity index (χ2n) is 6.00. The fourth-order valence-electron chi connectivity index (χ4n) is 2.59. The van der Waals surface area contributed by atoms with Crippen LogP contribution >= 0.6 is 22.7 Å². The van der Waals surface area contributed by atoms with Crippen LogP contribution in [0.5, 0.6) is 0 Å². The predicted molar refractivity (Wildman–Crippen MR) is 109 cm³/mol. The molecule has 0 aliphatic heterocycles. The van der Waals surface area contributed by atoms with Gasteiger partial charge in [0.2, 0.25) is 0 Å². The minimum absolute atomic E-state index is 0.193. The molecule has 140 valence electrons. The van der Waals surface area contributed by atoms with Crippen LogP contribution in [-0.4, -0.2) is 20.9 Å². The Morgan fingerprint density at radius 2 is 1.75 bits per heavy atom. The van der Waals surface area contributed by atoms with Gasteiger partial charge in [0.1, 0.15) is 20.7 Å². The average molecular weight is 410 g/mol. The van der Waals surface area contributed by atoms with Crippen LogP contribution in [0, 0.1) is 12.7 Å². The van der Waals surface area contributed by atoms with Gasteiger partial charge in [-0.05, 0) is 43.3 Å². The van der Waals surface area contributed by atoms with Crippen molar-refractivity contribution in [3.63, 3.8) is 0 Å². The Morgan fingerprint density at radius 3 is 2.50 bits per heavy atom. The maximum Gasteiger partial charge on any atom is 0.263 e. The molecule has 4 aromatic rings. The van der Waals surface area contributed by atoms with Crippen molar-refractivity contribution in [2.24, 2.45) is 0 Å². The average Bonchev–Trinajstić information content (AvgIpc) is 3.34. The third-order valence-corrected chi connectivity index (χ3v) is 6.15. The molecule has 0 fully saturated rings. The summed E-state index contributed by atoms with van der Waals surface area (Å²) in [4.78, 5) is 26.1. The summed E-state index contributed by atoms with van der Waals surface area (Å²) in [7, 11) is 0. The van der Waals surface area contributed by atoms with Gasteiger partial charge in [0.15, 0.2) is 0 Å². The first-order chi connectivity index (χ1) is 13.6. The Kier molecular flexibility index (Phi) is 5.23. The van der Waals surface area contributed by atoms with Gasteiger partial charge < -0.3 is 5.32 Å². The maximum absolute atomic E-state index is 13.1. The van der Waals surface area contributed by atoms with E-state index in [0.29, 0.717) is 22.1 Å². The molecule has 3 heterocycles. The molecular weight excluding hydrogens is 395 g/mol. The highest BCUT2D eigenvalue weighted by atomic mass is 32.1. The van der Waals surface area contributed by atoms with Crippen molar-refractivity contribution in [1.82, 2.24) is 20.3 Å². The second-order valence-corrected chi connectivity index (χ2v) is 7.86. The zero-order valence-electron chi connectivity index (χ0n) is 14.8. The van der Waals surface area contributed by atoms with Gasteiger partial charge in [0, 0.05) is 28.9 Å². The van der Waals surface area contributed by atoms with Gasteiger partial charge >= 0.3 is 0 Å². The molecule has 4 rings (SSSR count). The molecule has 0 aliphatic rings. The van der Waals surface area contributed by atoms with Crippen molar-refractivity contribution in [1.29, 1.82) is 0 Å². The molecule has 1 amide bonds. The number of benzene rings is 1. The number of pyridine rings is 1. The lowest BCUT2D eigenvalue weighted by Crippen LogP contribution is -2.22. The van der Waals surface area contributed by atoms with E-state index in [1.54, 1.807) is 31.5 Å². The number of rotatable bonds is 5. The Hall–Kier alpha value is -2.97. The molecule has 1 aromatic carbocycles. The van der Waals surface area contributed by atoms with Crippen LogP contribution in [0.4, 0.5) is 4.39 Å². The van der Waals surface area contributed by atoms with E-state index in [0.717, 1.165) is 21.8 Å². The predicted octanol–water partition coefficient (Wildman–Crippen LogP) is 4.71. The lowest BCUT2D eigenvalue weighted by Gasteiger charge is -2.01. The molecule has 3 aromatic heterocycles. The number of carbonyl (C=O) groups excluding carboxylic acids is 1. The number of nitrogens with zero attached hydrogens (tertiary/aromatic N) is 3. The summed E-state index contributed by atoms with van der Waals surface area (Å²) in [6.07, 6.45) is 3.45. The van der Waals surface area contributed by atoms with Crippen LogP contribution in [-0.2, 0) is 6.54 Å². The highest BCUT2D eigenvalue weighted by molar-refractivity contribution is 7.17. The Balaban J connectivity index is 1.44. The van der Waals surface area contributed by atoms with E-state index in [1.807, 2.05) is 17.5 Å². The standard InChI is InChI=1S/C20H15FN4OS2/c1-12-17(28-20(24-12)13-2-4-15(21)5-3-13)18(26)23-10-16-11-27-19(25-16)14-6-8-22-9-7-14/h2-9,11H,10H2,1H3,(H,23,26). The van der Waals surface area contributed by atoms with Gasteiger partial charge in [-0.3, -0.25) is 9.78 Å². The fourth-order valence-corrected chi connectivity index (χ4v) is 4.40. The highest BCUT2D eigenvalue weighted by Crippen LogP contribution is 2.28. The number of hydrogen-bond acceptors (Lipinski definition) is 6. The summed E-state index contributed by atoms with van der Waals surface area (Å²) in [6.45, 7) is 2.13. The molecule has 0 unspecified atom stereocenters. The number of thiazole rings is 2. The van der Waals surface area contributed by atoms with Gasteiger partial charge in [-0.2, -0.15) is 0 Å². The zero-order valence-corrected chi connectivity index (χ0v) is 16.5. The van der Waals surface area contributed by atoms with Crippen LogP contribution in [0.15, 0.2) is 54.2 Å². The summed E-state index contributed by atoms with van der Waals surface area (Å²) in [6, 6.07) is 9.89. The van der Waals surface area contributed by atoms with E-state index in [4.69, 9.17) is 0 Å². The number of aryl methyl sites for hydroxylation is 1. The number of carbonyl (C=O) groups is 1. The lowest BCUT2D eigenvalue weighted by atomic mass is 10.2. The van der Waals surface area contributed by atoms with Crippen LogP contribution < -0.4 is 5.32 Å². The van der Waals surface area contributed by atoms with Gasteiger partial charge in [0.05, 0.1) is 17.9 Å². The highest BCUT2D eigenvalue weighted by Gasteiger charge is 2.16. The second kappa shape index (κ2) is 7.95. The summed E-state index contributed by atoms with van der Waals surface area (Å²) >= 11 is 2.82. The number of halogens is 1. The summed E-state index contributed by atoms with van der Waals surface area (Å²) in [5, 5.41) is 6.41. The van der Waals surface area contributed by atoms with Gasteiger partial charge in [-0.15, -0.1) is 22.7 Å². The van der Waals surface area contributed by atoms with E-state index >= 15 is 0 Å². The third-order valence-electron chi connectivity index (χ3n) is 4.00. The smallest absolute Gasteiger partial charge is 0.263 e. The lowest BCUT2D eigenvalue weighted by molar-refractivity contribution is 0.0953. The molecule has 8 heteroatoms. The first-order valence-corrected chi connectivity index (χ1v) is 10.2. The van der Waals surface area contributed by atoms with Crippen LogP contribution in [0.25, 0.3) is 21.1 Å². The summed E-state index contributed by atoms with van der Waals surface area (Å²) < 4.78 is 13.1. The van der Waals surface area contributed by atoms with Crippen molar-refractivity contribution < 1.29 is 9.18 Å². The number of amides is 1. The van der Waals surface area contributed by atoms with Crippen molar-refractivity contribution in [2.75, 3.05) is 0 Å². The van der Waals surface area contributed by atoms with E-state index in [-0.39, 0.29) is 11.7 Å². The molecular formula is C20H15FN4OS2. The molecule has 28 heavy (non-hydrogen) atoms. The molecule has 0 saturated heterocycles. The Morgan fingerprint density at radius 1 is 1.04 bits per heavy atom. The van der Waals surface area contributed by atoms with Crippen molar-refractivity contribution in [2.45, 2.75) is 13.5 Å². The number of aromatic nitrogens is 3. The molecule has 5 nitrogen and oxygen atoms in total. The molecule has 0 atom stereocenters. The van der Waals surface area contributed by atoms with E-state index < -0.39 is 0 Å². The Labute approximate surface area is 169 Å². The number of hydrogen-bond donors (Lipinski definition) is 1. The minimum atomic E-state index is -0.301. The first-order valence-electron chi connectivity index (χ1n) is 8.46. The summed E-state index contributed by atoms with van der Waals surface area (Å²) in [5.41, 5.74) is 3.23. The Bertz CT molecular complexity index is 1110. The molecule has 0 saturated carbocycles. The molecule has 0 radical (unpaired) electrons. The van der Waals surface area contributed by atoms with E-state index in [2.05, 4.69) is 20.3 Å². The normalized spacial score (nSPS) is 10.8. The fraction of sp³-hybridized carbons (Fsp3) is 0.100. The zero-order chi connectivity index (χ0) is 19.5. The van der Waals surface area contributed by atoms with Crippen molar-refractivity contribution in [3.05, 3.63) is 76.3 Å². The molecule has 0 aliphatic carbocycles. The van der Waals surface area contributed by atoms with E-state index in [9.17, 15) is 9.18 Å². The molecule has 1 N–H and O–H groups in total. The van der Waals surface area contributed by atoms with Crippen LogP contribution in [0.2, 0.25) is 0 Å². The summed E-state index contributed by atoms with van der Waals surface area (Å²) in [5.74, 6) is -0.494. The van der Waals surface area contributed by atoms with E-state index in [1.165, 1.54) is 34.8 Å². The number of nitrogens with one attached hydrogen (secondary N) is 1. The van der Waals surface area contributed by atoms with Gasteiger partial charge in [-0.25, -0.2) is 14.4 Å². The molecule has 0 bridgehead atoms. The topological polar surface area (TPSA) is 67.8 Å². The minimum Gasteiger partial charge on any atom is -0.346 e. The first kappa shape index (κ1) is 18.4. The molecule has 0 spiro atoms. The third kappa shape index (κ3) is 3.97. The largest absolute Gasteiger partial charge is 0.346 e. The SMILES string of the molecule is Cc1nc(-c2ccc(F)cc2)sc1C(=O)NCc1csc(-c2ccncc2)n1. The van der Waals surface area contributed by atoms with Gasteiger partial charge in [-0.1, -0.05) is 0 Å². The quantitative estimate of drug-likeness (QED) is 0.518. The van der Waals surface area contributed by atoms with Crippen molar-refractivity contribution >= 4 is 28.6 Å².